The van der Waals surface area contributed by atoms with Crippen LogP contribution in [0, 0.1) is 0 Å². The zero-order valence-corrected chi connectivity index (χ0v) is 8.51. The molecule has 0 heterocycles. The summed E-state index contributed by atoms with van der Waals surface area (Å²) in [5, 5.41) is -1.12. The lowest BCUT2D eigenvalue weighted by atomic mass is 10.2. The van der Waals surface area contributed by atoms with Crippen molar-refractivity contribution in [3.8, 4) is 5.75 Å². The van der Waals surface area contributed by atoms with Crippen molar-refractivity contribution in [1.29, 1.82) is 0 Å². The maximum absolute atomic E-state index is 10.7. The number of hydrogen-bond acceptors (Lipinski definition) is 3. The highest BCUT2D eigenvalue weighted by Crippen LogP contribution is 2.13. The van der Waals surface area contributed by atoms with Crippen LogP contribution in [0.3, 0.4) is 0 Å². The fourth-order valence-electron chi connectivity index (χ4n) is 0.822. The average molecular weight is 233 g/mol. The van der Waals surface area contributed by atoms with Gasteiger partial charge in [0, 0.05) is 5.56 Å². The molecule has 0 spiro atoms. The Balaban J connectivity index is 2.64. The van der Waals surface area contributed by atoms with Crippen LogP contribution in [0.1, 0.15) is 10.4 Å². The van der Waals surface area contributed by atoms with Crippen molar-refractivity contribution in [3.63, 3.8) is 0 Å². The molecule has 0 unspecified atom stereocenters. The predicted octanol–water partition coefficient (Wildman–Crippen LogP) is 2.21. The lowest BCUT2D eigenvalue weighted by Crippen LogP contribution is -2.04. The van der Waals surface area contributed by atoms with Gasteiger partial charge in [-0.1, -0.05) is 0 Å². The minimum absolute atomic E-state index is 0.199. The highest BCUT2D eigenvalue weighted by Gasteiger charge is 2.02. The van der Waals surface area contributed by atoms with Gasteiger partial charge in [0.25, 0.3) is 10.5 Å². The van der Waals surface area contributed by atoms with Crippen LogP contribution < -0.4 is 4.74 Å². The monoisotopic (exact) mass is 232 g/mol. The normalized spacial score (nSPS) is 9.57. The van der Waals surface area contributed by atoms with Gasteiger partial charge in [-0.2, -0.15) is 0 Å². The maximum Gasteiger partial charge on any atom is 0.259 e. The van der Waals surface area contributed by atoms with Crippen LogP contribution >= 0.6 is 23.2 Å². The maximum atomic E-state index is 10.7. The Bertz CT molecular complexity index is 346. The van der Waals surface area contributed by atoms with Gasteiger partial charge in [-0.3, -0.25) is 9.59 Å². The van der Waals surface area contributed by atoms with E-state index in [4.69, 9.17) is 27.9 Å². The molecule has 0 fully saturated rings. The molecule has 0 aliphatic rings. The molecular weight excluding hydrogens is 227 g/mol. The first-order valence-corrected chi connectivity index (χ1v) is 4.46. The number of hydrogen-bond donors (Lipinski definition) is 0. The van der Waals surface area contributed by atoms with Gasteiger partial charge < -0.3 is 4.74 Å². The fraction of sp³-hybridized carbons (Fsp3) is 0.111. The van der Waals surface area contributed by atoms with Crippen LogP contribution in [0.5, 0.6) is 5.75 Å². The summed E-state index contributed by atoms with van der Waals surface area (Å²) < 4.78 is 4.97. The molecule has 0 saturated carbocycles. The van der Waals surface area contributed by atoms with E-state index in [1.165, 1.54) is 24.3 Å². The van der Waals surface area contributed by atoms with Gasteiger partial charge in [-0.15, -0.1) is 0 Å². The van der Waals surface area contributed by atoms with Crippen LogP contribution in [0.15, 0.2) is 24.3 Å². The summed E-state index contributed by atoms with van der Waals surface area (Å²) in [4.78, 5) is 21.0. The molecule has 74 valence electrons. The molecule has 0 amide bonds. The van der Waals surface area contributed by atoms with E-state index in [1.807, 2.05) is 0 Å². The second-order valence-electron chi connectivity index (χ2n) is 2.44. The Hall–Kier alpha value is -1.06. The van der Waals surface area contributed by atoms with Crippen LogP contribution in [0.4, 0.5) is 0 Å². The van der Waals surface area contributed by atoms with Gasteiger partial charge in [0.05, 0.1) is 0 Å². The molecule has 0 atom stereocenters. The molecular formula is C9H6Cl2O3. The molecule has 0 aliphatic heterocycles. The third kappa shape index (κ3) is 3.36. The van der Waals surface area contributed by atoms with Crippen molar-refractivity contribution in [3.05, 3.63) is 29.8 Å². The SMILES string of the molecule is O=C(Cl)COc1ccc(C(=O)Cl)cc1. The molecule has 3 nitrogen and oxygen atoms in total. The van der Waals surface area contributed by atoms with E-state index in [0.29, 0.717) is 11.3 Å². The Labute approximate surface area is 90.6 Å². The van der Waals surface area contributed by atoms with Gasteiger partial charge in [-0.25, -0.2) is 0 Å². The Morgan fingerprint density at radius 3 is 2.14 bits per heavy atom. The van der Waals surface area contributed by atoms with E-state index >= 15 is 0 Å². The van der Waals surface area contributed by atoms with Gasteiger partial charge in [0.1, 0.15) is 5.75 Å². The van der Waals surface area contributed by atoms with E-state index in [9.17, 15) is 9.59 Å². The Kier molecular flexibility index (Phi) is 3.92. The van der Waals surface area contributed by atoms with Gasteiger partial charge in [-0.05, 0) is 47.5 Å². The highest BCUT2D eigenvalue weighted by atomic mass is 35.5. The molecule has 0 bridgehead atoms. The van der Waals surface area contributed by atoms with E-state index in [2.05, 4.69) is 0 Å². The van der Waals surface area contributed by atoms with Crippen LogP contribution in [-0.2, 0) is 4.79 Å². The standard InChI is InChI=1S/C9H6Cl2O3/c10-8(12)5-14-7-3-1-6(2-4-7)9(11)13/h1-4H,5H2. The number of carbonyl (C=O) groups is 2. The minimum Gasteiger partial charge on any atom is -0.484 e. The third-order valence-corrected chi connectivity index (χ3v) is 1.76. The van der Waals surface area contributed by atoms with Gasteiger partial charge in [0.15, 0.2) is 6.61 Å². The number of carbonyl (C=O) groups excluding carboxylic acids is 2. The van der Waals surface area contributed by atoms with Crippen molar-refractivity contribution < 1.29 is 14.3 Å². The van der Waals surface area contributed by atoms with Crippen LogP contribution in [0.2, 0.25) is 0 Å². The molecule has 0 radical (unpaired) electrons. The number of rotatable bonds is 4. The summed E-state index contributed by atoms with van der Waals surface area (Å²) in [6, 6.07) is 6.08. The zero-order chi connectivity index (χ0) is 10.6. The summed E-state index contributed by atoms with van der Waals surface area (Å²) >= 11 is 10.3. The quantitative estimate of drug-likeness (QED) is 0.748. The molecule has 1 aromatic rings. The first kappa shape index (κ1) is 11.0. The molecule has 0 saturated heterocycles. The summed E-state index contributed by atoms with van der Waals surface area (Å²) in [7, 11) is 0. The second kappa shape index (κ2) is 4.98. The predicted molar refractivity (Wildman–Crippen MR) is 53.0 cm³/mol. The van der Waals surface area contributed by atoms with E-state index in [-0.39, 0.29) is 6.61 Å². The molecule has 0 N–H and O–H groups in total. The van der Waals surface area contributed by atoms with E-state index < -0.39 is 10.5 Å². The second-order valence-corrected chi connectivity index (χ2v) is 3.21. The lowest BCUT2D eigenvalue weighted by molar-refractivity contribution is -0.113. The van der Waals surface area contributed by atoms with E-state index in [1.54, 1.807) is 0 Å². The molecule has 0 aromatic heterocycles. The van der Waals surface area contributed by atoms with Crippen molar-refractivity contribution >= 4 is 33.7 Å². The van der Waals surface area contributed by atoms with Crippen molar-refractivity contribution in [2.75, 3.05) is 6.61 Å². The van der Waals surface area contributed by atoms with Crippen molar-refractivity contribution in [2.24, 2.45) is 0 Å². The number of benzene rings is 1. The molecule has 14 heavy (non-hydrogen) atoms. The van der Waals surface area contributed by atoms with Crippen LogP contribution in [-0.4, -0.2) is 17.1 Å². The fourth-order valence-corrected chi connectivity index (χ4v) is 1.00. The Morgan fingerprint density at radius 2 is 1.71 bits per heavy atom. The average Bonchev–Trinajstić information content (AvgIpc) is 2.15. The summed E-state index contributed by atoms with van der Waals surface area (Å²) in [5.41, 5.74) is 0.371. The van der Waals surface area contributed by atoms with Crippen molar-refractivity contribution in [2.45, 2.75) is 0 Å². The summed E-state index contributed by atoms with van der Waals surface area (Å²) in [6.45, 7) is -0.199. The molecule has 0 aliphatic carbocycles. The van der Waals surface area contributed by atoms with Crippen molar-refractivity contribution in [1.82, 2.24) is 0 Å². The first-order valence-electron chi connectivity index (χ1n) is 3.70. The number of ether oxygens (including phenoxy) is 1. The molecule has 1 aromatic carbocycles. The highest BCUT2D eigenvalue weighted by molar-refractivity contribution is 6.67. The summed E-state index contributed by atoms with van der Waals surface area (Å²) in [5.74, 6) is 0.459. The number of halogens is 2. The van der Waals surface area contributed by atoms with Crippen LogP contribution in [0.25, 0.3) is 0 Å². The summed E-state index contributed by atoms with van der Waals surface area (Å²) in [6.07, 6.45) is 0. The topological polar surface area (TPSA) is 43.4 Å². The molecule has 1 rings (SSSR count). The Morgan fingerprint density at radius 1 is 1.14 bits per heavy atom. The zero-order valence-electron chi connectivity index (χ0n) is 7.00. The minimum atomic E-state index is -0.581. The van der Waals surface area contributed by atoms with E-state index in [0.717, 1.165) is 0 Å². The van der Waals surface area contributed by atoms with Gasteiger partial charge >= 0.3 is 0 Å². The molecule has 5 heteroatoms. The third-order valence-electron chi connectivity index (χ3n) is 1.43. The largest absolute Gasteiger partial charge is 0.484 e. The smallest absolute Gasteiger partial charge is 0.259 e. The first-order chi connectivity index (χ1) is 6.59. The van der Waals surface area contributed by atoms with Gasteiger partial charge in [0.2, 0.25) is 0 Å². The lowest BCUT2D eigenvalue weighted by Gasteiger charge is -2.02.